The Morgan fingerprint density at radius 2 is 2.13 bits per heavy atom. The van der Waals surface area contributed by atoms with Crippen LogP contribution in [0.1, 0.15) is 19.8 Å². The number of methoxy groups -OCH3 is 1. The fraction of sp³-hybridized carbons (Fsp3) is 0.875. The third kappa shape index (κ3) is 8.34. The Kier molecular flexibility index (Phi) is 6.46. The van der Waals surface area contributed by atoms with Crippen molar-refractivity contribution in [2.45, 2.75) is 25.8 Å². The smallest absolute Gasteiger partial charge is 0.304 e. The molecule has 0 aliphatic carbocycles. The third-order valence-electron chi connectivity index (χ3n) is 1.72. The van der Waals surface area contributed by atoms with Crippen molar-refractivity contribution in [1.82, 2.24) is 4.72 Å². The lowest BCUT2D eigenvalue weighted by Gasteiger charge is -2.12. The highest BCUT2D eigenvalue weighted by Crippen LogP contribution is 1.97. The average Bonchev–Trinajstić information content (AvgIpc) is 2.11. The van der Waals surface area contributed by atoms with E-state index < -0.39 is 16.0 Å². The topological polar surface area (TPSA) is 92.7 Å². The van der Waals surface area contributed by atoms with E-state index in [9.17, 15) is 13.2 Å². The molecule has 0 amide bonds. The predicted molar refractivity (Wildman–Crippen MR) is 55.1 cm³/mol. The lowest BCUT2D eigenvalue weighted by molar-refractivity contribution is -0.136. The summed E-state index contributed by atoms with van der Waals surface area (Å²) in [5.41, 5.74) is 0. The van der Waals surface area contributed by atoms with Gasteiger partial charge in [0.25, 0.3) is 0 Å². The highest BCUT2D eigenvalue weighted by atomic mass is 32.2. The summed E-state index contributed by atoms with van der Waals surface area (Å²) < 4.78 is 29.8. The first-order valence-corrected chi connectivity index (χ1v) is 6.23. The number of carboxylic acids is 1. The minimum atomic E-state index is -3.49. The van der Waals surface area contributed by atoms with E-state index in [4.69, 9.17) is 9.84 Å². The summed E-state index contributed by atoms with van der Waals surface area (Å²) in [7, 11) is -1.96. The SMILES string of the molecule is COCCC(C)NS(=O)(=O)CCC(=O)O. The third-order valence-corrected chi connectivity index (χ3v) is 3.22. The zero-order chi connectivity index (χ0) is 11.9. The maximum Gasteiger partial charge on any atom is 0.304 e. The van der Waals surface area contributed by atoms with Gasteiger partial charge < -0.3 is 9.84 Å². The summed E-state index contributed by atoms with van der Waals surface area (Å²) in [6.07, 6.45) is 0.176. The Hall–Kier alpha value is -0.660. The summed E-state index contributed by atoms with van der Waals surface area (Å²) in [5, 5.41) is 8.34. The highest BCUT2D eigenvalue weighted by Gasteiger charge is 2.15. The maximum atomic E-state index is 11.3. The van der Waals surface area contributed by atoms with Crippen molar-refractivity contribution in [3.63, 3.8) is 0 Å². The number of nitrogens with one attached hydrogen (secondary N) is 1. The molecule has 0 aromatic rings. The van der Waals surface area contributed by atoms with Gasteiger partial charge in [-0.1, -0.05) is 0 Å². The summed E-state index contributed by atoms with van der Waals surface area (Å²) in [5.74, 6) is -1.51. The number of sulfonamides is 1. The molecule has 0 saturated carbocycles. The molecule has 6 nitrogen and oxygen atoms in total. The van der Waals surface area contributed by atoms with Gasteiger partial charge in [0.05, 0.1) is 12.2 Å². The molecule has 0 aromatic heterocycles. The van der Waals surface area contributed by atoms with Crippen LogP contribution in [-0.4, -0.2) is 45.0 Å². The molecule has 0 aliphatic heterocycles. The molecular weight excluding hydrogens is 222 g/mol. The van der Waals surface area contributed by atoms with Crippen LogP contribution < -0.4 is 4.72 Å². The van der Waals surface area contributed by atoms with E-state index in [0.29, 0.717) is 13.0 Å². The molecule has 0 radical (unpaired) electrons. The van der Waals surface area contributed by atoms with Crippen molar-refractivity contribution in [2.24, 2.45) is 0 Å². The largest absolute Gasteiger partial charge is 0.481 e. The van der Waals surface area contributed by atoms with E-state index in [0.717, 1.165) is 0 Å². The highest BCUT2D eigenvalue weighted by molar-refractivity contribution is 7.89. The summed E-state index contributed by atoms with van der Waals surface area (Å²) >= 11 is 0. The molecule has 0 aromatic carbocycles. The zero-order valence-electron chi connectivity index (χ0n) is 8.89. The van der Waals surface area contributed by atoms with Crippen molar-refractivity contribution in [2.75, 3.05) is 19.5 Å². The van der Waals surface area contributed by atoms with Gasteiger partial charge >= 0.3 is 5.97 Å². The lowest BCUT2D eigenvalue weighted by atomic mass is 10.3. The molecule has 0 saturated heterocycles. The first-order chi connectivity index (χ1) is 6.87. The summed E-state index contributed by atoms with van der Waals surface area (Å²) in [6.45, 7) is 2.17. The van der Waals surface area contributed by atoms with E-state index in [1.807, 2.05) is 0 Å². The van der Waals surface area contributed by atoms with E-state index in [1.54, 1.807) is 6.92 Å². The number of hydrogen-bond donors (Lipinski definition) is 2. The molecule has 0 heterocycles. The van der Waals surface area contributed by atoms with Crippen molar-refractivity contribution >= 4 is 16.0 Å². The Morgan fingerprint density at radius 3 is 2.60 bits per heavy atom. The Balaban J connectivity index is 3.96. The van der Waals surface area contributed by atoms with Gasteiger partial charge in [-0.05, 0) is 13.3 Å². The van der Waals surface area contributed by atoms with Gasteiger partial charge in [-0.2, -0.15) is 0 Å². The average molecular weight is 239 g/mol. The number of carboxylic acid groups (broad SMARTS) is 1. The van der Waals surface area contributed by atoms with E-state index in [2.05, 4.69) is 4.72 Å². The second-order valence-corrected chi connectivity index (χ2v) is 5.14. The Morgan fingerprint density at radius 1 is 1.53 bits per heavy atom. The van der Waals surface area contributed by atoms with E-state index in [1.165, 1.54) is 7.11 Å². The van der Waals surface area contributed by atoms with Crippen LogP contribution in [0.2, 0.25) is 0 Å². The van der Waals surface area contributed by atoms with Crippen LogP contribution in [0.5, 0.6) is 0 Å². The first kappa shape index (κ1) is 14.3. The van der Waals surface area contributed by atoms with Crippen LogP contribution in [0.25, 0.3) is 0 Å². The normalized spacial score (nSPS) is 13.7. The summed E-state index contributed by atoms with van der Waals surface area (Å²) in [6, 6.07) is -0.247. The van der Waals surface area contributed by atoms with Gasteiger partial charge in [0.15, 0.2) is 0 Å². The number of carbonyl (C=O) groups is 1. The minimum Gasteiger partial charge on any atom is -0.481 e. The van der Waals surface area contributed by atoms with E-state index >= 15 is 0 Å². The van der Waals surface area contributed by atoms with Crippen LogP contribution in [0, 0.1) is 0 Å². The van der Waals surface area contributed by atoms with Crippen molar-refractivity contribution in [3.05, 3.63) is 0 Å². The molecule has 1 unspecified atom stereocenters. The summed E-state index contributed by atoms with van der Waals surface area (Å²) in [4.78, 5) is 10.2. The van der Waals surface area contributed by atoms with Crippen LogP contribution in [0.15, 0.2) is 0 Å². The number of hydrogen-bond acceptors (Lipinski definition) is 4. The van der Waals surface area contributed by atoms with Crippen LogP contribution >= 0.6 is 0 Å². The molecule has 0 bridgehead atoms. The number of rotatable bonds is 8. The minimum absolute atomic E-state index is 0.247. The molecular formula is C8H17NO5S. The number of aliphatic carboxylic acids is 1. The second kappa shape index (κ2) is 6.76. The fourth-order valence-corrected chi connectivity index (χ4v) is 2.23. The fourth-order valence-electron chi connectivity index (χ4n) is 0.941. The zero-order valence-corrected chi connectivity index (χ0v) is 9.71. The van der Waals surface area contributed by atoms with Gasteiger partial charge in [0, 0.05) is 19.8 Å². The molecule has 2 N–H and O–H groups in total. The van der Waals surface area contributed by atoms with Gasteiger partial charge in [-0.25, -0.2) is 13.1 Å². The van der Waals surface area contributed by atoms with Crippen LogP contribution in [0.4, 0.5) is 0 Å². The Labute approximate surface area is 89.7 Å². The van der Waals surface area contributed by atoms with Crippen LogP contribution in [-0.2, 0) is 19.6 Å². The van der Waals surface area contributed by atoms with Crippen molar-refractivity contribution in [3.8, 4) is 0 Å². The lowest BCUT2D eigenvalue weighted by Crippen LogP contribution is -2.35. The second-order valence-electron chi connectivity index (χ2n) is 3.26. The molecule has 15 heavy (non-hydrogen) atoms. The molecule has 90 valence electrons. The van der Waals surface area contributed by atoms with Gasteiger partial charge in [-0.3, -0.25) is 4.79 Å². The van der Waals surface area contributed by atoms with Crippen molar-refractivity contribution < 1.29 is 23.1 Å². The van der Waals surface area contributed by atoms with Crippen LogP contribution in [0.3, 0.4) is 0 Å². The maximum absolute atomic E-state index is 11.3. The molecule has 7 heteroatoms. The molecule has 1 atom stereocenters. The Bertz CT molecular complexity index is 287. The number of ether oxygens (including phenoxy) is 1. The van der Waals surface area contributed by atoms with Gasteiger partial charge in [0.2, 0.25) is 10.0 Å². The molecule has 0 rings (SSSR count). The van der Waals surface area contributed by atoms with Gasteiger partial charge in [0.1, 0.15) is 0 Å². The van der Waals surface area contributed by atoms with Crippen molar-refractivity contribution in [1.29, 1.82) is 0 Å². The standard InChI is InChI=1S/C8H17NO5S/c1-7(3-5-14-2)9-15(12,13)6-4-8(10)11/h7,9H,3-6H2,1-2H3,(H,10,11). The first-order valence-electron chi connectivity index (χ1n) is 4.58. The molecule has 0 aliphatic rings. The quantitative estimate of drug-likeness (QED) is 0.612. The van der Waals surface area contributed by atoms with E-state index in [-0.39, 0.29) is 18.2 Å². The monoisotopic (exact) mass is 239 g/mol. The van der Waals surface area contributed by atoms with Gasteiger partial charge in [-0.15, -0.1) is 0 Å². The molecule has 0 fully saturated rings. The predicted octanol–water partition coefficient (Wildman–Crippen LogP) is -0.194. The molecule has 0 spiro atoms.